The largest absolute Gasteiger partial charge is 0.435 e. The van der Waals surface area contributed by atoms with Crippen molar-refractivity contribution >= 4 is 13.7 Å². The Balaban J connectivity index is 1.96. The van der Waals surface area contributed by atoms with Crippen LogP contribution < -0.4 is 14.4 Å². The van der Waals surface area contributed by atoms with Crippen LogP contribution in [-0.2, 0) is 0 Å². The minimum absolute atomic E-state index is 0.817. The van der Waals surface area contributed by atoms with Gasteiger partial charge in [-0.2, -0.15) is 0 Å². The quantitative estimate of drug-likeness (QED) is 0.586. The molecule has 2 nitrogen and oxygen atoms in total. The highest BCUT2D eigenvalue weighted by molar-refractivity contribution is 7.57. The van der Waals surface area contributed by atoms with Crippen molar-refractivity contribution in [2.75, 3.05) is 0 Å². The number of para-hydroxylation sites is 2. The van der Waals surface area contributed by atoms with Gasteiger partial charge in [-0.3, -0.25) is 0 Å². The van der Waals surface area contributed by atoms with E-state index in [-0.39, 0.29) is 0 Å². The van der Waals surface area contributed by atoms with E-state index in [0.717, 1.165) is 16.8 Å². The SMILES string of the molecule is Cc1cccc(C)c1P(Oc1ccccc1)Oc1ccccc1. The Bertz CT molecular complexity index is 695. The van der Waals surface area contributed by atoms with E-state index < -0.39 is 8.38 Å². The highest BCUT2D eigenvalue weighted by atomic mass is 31.2. The van der Waals surface area contributed by atoms with Gasteiger partial charge in [0.2, 0.25) is 0 Å². The third-order valence-corrected chi connectivity index (χ3v) is 5.31. The zero-order chi connectivity index (χ0) is 16.1. The van der Waals surface area contributed by atoms with Crippen LogP contribution in [0.5, 0.6) is 11.5 Å². The first kappa shape index (κ1) is 15.6. The maximum absolute atomic E-state index is 6.21. The smallest absolute Gasteiger partial charge is 0.326 e. The monoisotopic (exact) mass is 322 g/mol. The number of hydrogen-bond donors (Lipinski definition) is 0. The van der Waals surface area contributed by atoms with E-state index in [1.165, 1.54) is 11.1 Å². The standard InChI is InChI=1S/C20H19O2P/c1-16-10-9-11-17(2)20(16)23(21-18-12-5-3-6-13-18)22-19-14-7-4-8-15-19/h3-15H,1-2H3. The van der Waals surface area contributed by atoms with Crippen LogP contribution in [0.2, 0.25) is 0 Å². The fourth-order valence-corrected chi connectivity index (χ4v) is 3.93. The van der Waals surface area contributed by atoms with Gasteiger partial charge in [0.15, 0.2) is 0 Å². The Morgan fingerprint density at radius 3 is 1.43 bits per heavy atom. The summed E-state index contributed by atoms with van der Waals surface area (Å²) < 4.78 is 12.4. The molecule has 116 valence electrons. The van der Waals surface area contributed by atoms with Crippen LogP contribution in [0, 0.1) is 13.8 Å². The Labute approximate surface area is 138 Å². The molecule has 3 rings (SSSR count). The fourth-order valence-electron chi connectivity index (χ4n) is 2.36. The average Bonchev–Trinajstić information content (AvgIpc) is 2.56. The van der Waals surface area contributed by atoms with Gasteiger partial charge in [0.1, 0.15) is 11.5 Å². The van der Waals surface area contributed by atoms with E-state index in [4.69, 9.17) is 9.05 Å². The first-order valence-corrected chi connectivity index (χ1v) is 8.74. The van der Waals surface area contributed by atoms with Crippen LogP contribution >= 0.6 is 8.38 Å². The molecule has 3 aromatic carbocycles. The summed E-state index contributed by atoms with van der Waals surface area (Å²) in [6.07, 6.45) is 0. The van der Waals surface area contributed by atoms with Gasteiger partial charge in [0.25, 0.3) is 0 Å². The van der Waals surface area contributed by atoms with Crippen molar-refractivity contribution in [3.05, 3.63) is 90.0 Å². The number of aryl methyl sites for hydroxylation is 2. The number of benzene rings is 3. The summed E-state index contributed by atoms with van der Waals surface area (Å²) in [5.74, 6) is 1.63. The van der Waals surface area contributed by atoms with Gasteiger partial charge < -0.3 is 9.05 Å². The van der Waals surface area contributed by atoms with Crippen LogP contribution in [0.1, 0.15) is 11.1 Å². The third kappa shape index (κ3) is 3.91. The van der Waals surface area contributed by atoms with Gasteiger partial charge in [0.05, 0.1) is 5.30 Å². The topological polar surface area (TPSA) is 18.5 Å². The van der Waals surface area contributed by atoms with Crippen molar-refractivity contribution < 1.29 is 9.05 Å². The normalized spacial score (nSPS) is 10.6. The lowest BCUT2D eigenvalue weighted by Gasteiger charge is -2.21. The lowest BCUT2D eigenvalue weighted by molar-refractivity contribution is 0.501. The zero-order valence-electron chi connectivity index (χ0n) is 13.3. The molecule has 0 aliphatic carbocycles. The Morgan fingerprint density at radius 2 is 1.00 bits per heavy atom. The summed E-state index contributed by atoms with van der Waals surface area (Å²) in [6.45, 7) is 4.20. The van der Waals surface area contributed by atoms with Crippen LogP contribution in [-0.4, -0.2) is 0 Å². The summed E-state index contributed by atoms with van der Waals surface area (Å²) in [6, 6.07) is 25.9. The fraction of sp³-hybridized carbons (Fsp3) is 0.100. The van der Waals surface area contributed by atoms with E-state index in [9.17, 15) is 0 Å². The Hall–Kier alpha value is -2.31. The molecule has 0 bridgehead atoms. The molecule has 0 saturated carbocycles. The molecule has 23 heavy (non-hydrogen) atoms. The van der Waals surface area contributed by atoms with Crippen LogP contribution in [0.4, 0.5) is 0 Å². The number of rotatable bonds is 5. The van der Waals surface area contributed by atoms with Gasteiger partial charge >= 0.3 is 8.38 Å². The highest BCUT2D eigenvalue weighted by Crippen LogP contribution is 2.41. The summed E-state index contributed by atoms with van der Waals surface area (Å²) in [4.78, 5) is 0. The molecule has 0 heterocycles. The van der Waals surface area contributed by atoms with E-state index in [0.29, 0.717) is 0 Å². The molecular formula is C20H19O2P. The van der Waals surface area contributed by atoms with Gasteiger partial charge in [0, 0.05) is 0 Å². The summed E-state index contributed by atoms with van der Waals surface area (Å²) in [7, 11) is -1.25. The molecule has 0 amide bonds. The third-order valence-electron chi connectivity index (χ3n) is 3.49. The van der Waals surface area contributed by atoms with E-state index >= 15 is 0 Å². The van der Waals surface area contributed by atoms with E-state index in [1.807, 2.05) is 60.7 Å². The Morgan fingerprint density at radius 1 is 0.565 bits per heavy atom. The minimum atomic E-state index is -1.25. The van der Waals surface area contributed by atoms with Crippen LogP contribution in [0.15, 0.2) is 78.9 Å². The van der Waals surface area contributed by atoms with Crippen molar-refractivity contribution in [2.45, 2.75) is 13.8 Å². The lowest BCUT2D eigenvalue weighted by atomic mass is 10.2. The molecule has 0 aliphatic heterocycles. The molecule has 0 aromatic heterocycles. The van der Waals surface area contributed by atoms with E-state index in [1.54, 1.807) is 0 Å². The van der Waals surface area contributed by atoms with Crippen LogP contribution in [0.25, 0.3) is 0 Å². The molecule has 0 atom stereocenters. The lowest BCUT2D eigenvalue weighted by Crippen LogP contribution is -2.16. The molecular weight excluding hydrogens is 303 g/mol. The molecule has 0 N–H and O–H groups in total. The predicted molar refractivity (Wildman–Crippen MR) is 96.6 cm³/mol. The van der Waals surface area contributed by atoms with Gasteiger partial charge in [-0.15, -0.1) is 0 Å². The van der Waals surface area contributed by atoms with Crippen LogP contribution in [0.3, 0.4) is 0 Å². The van der Waals surface area contributed by atoms with Crippen molar-refractivity contribution in [3.63, 3.8) is 0 Å². The maximum Gasteiger partial charge on any atom is 0.326 e. The second-order valence-corrected chi connectivity index (χ2v) is 6.63. The average molecular weight is 322 g/mol. The maximum atomic E-state index is 6.21. The predicted octanol–water partition coefficient (Wildman–Crippen LogP) is 5.40. The molecule has 0 spiro atoms. The molecule has 3 heteroatoms. The molecule has 0 fully saturated rings. The molecule has 0 aliphatic rings. The van der Waals surface area contributed by atoms with Gasteiger partial charge in [-0.25, -0.2) is 0 Å². The van der Waals surface area contributed by atoms with Crippen molar-refractivity contribution in [2.24, 2.45) is 0 Å². The van der Waals surface area contributed by atoms with Crippen molar-refractivity contribution in [1.29, 1.82) is 0 Å². The Kier molecular flexibility index (Phi) is 4.95. The van der Waals surface area contributed by atoms with Crippen molar-refractivity contribution in [1.82, 2.24) is 0 Å². The second kappa shape index (κ2) is 7.30. The van der Waals surface area contributed by atoms with Gasteiger partial charge in [-0.1, -0.05) is 54.6 Å². The minimum Gasteiger partial charge on any atom is -0.435 e. The summed E-state index contributed by atoms with van der Waals surface area (Å²) >= 11 is 0. The molecule has 3 aromatic rings. The van der Waals surface area contributed by atoms with Crippen molar-refractivity contribution in [3.8, 4) is 11.5 Å². The van der Waals surface area contributed by atoms with Gasteiger partial charge in [-0.05, 0) is 49.2 Å². The first-order valence-electron chi connectivity index (χ1n) is 7.56. The molecule has 0 radical (unpaired) electrons. The van der Waals surface area contributed by atoms with E-state index in [2.05, 4.69) is 32.0 Å². The summed E-state index contributed by atoms with van der Waals surface area (Å²) in [5, 5.41) is 1.13. The molecule has 0 saturated heterocycles. The zero-order valence-corrected chi connectivity index (χ0v) is 14.2. The number of hydrogen-bond acceptors (Lipinski definition) is 2. The molecule has 0 unspecified atom stereocenters. The first-order chi connectivity index (χ1) is 11.2. The second-order valence-electron chi connectivity index (χ2n) is 5.31. The highest BCUT2D eigenvalue weighted by Gasteiger charge is 2.22. The summed E-state index contributed by atoms with van der Waals surface area (Å²) in [5.41, 5.74) is 2.37.